The number of benzene rings is 1. The van der Waals surface area contributed by atoms with Crippen molar-refractivity contribution in [2.45, 2.75) is 26.4 Å². The van der Waals surface area contributed by atoms with Crippen molar-refractivity contribution in [3.05, 3.63) is 18.2 Å². The van der Waals surface area contributed by atoms with Gasteiger partial charge in [-0.3, -0.25) is 0 Å². The number of nitrogens with zero attached hydrogens (tertiary/aromatic N) is 1. The lowest BCUT2D eigenvalue weighted by Crippen LogP contribution is -2.34. The molecular weight excluding hydrogens is 286 g/mol. The highest BCUT2D eigenvalue weighted by Crippen LogP contribution is 2.29. The molecule has 0 aliphatic rings. The van der Waals surface area contributed by atoms with Gasteiger partial charge in [0.25, 0.3) is 5.88 Å². The maximum atomic E-state index is 11.5. The minimum Gasteiger partial charge on any atom is -0.473 e. The Morgan fingerprint density at radius 2 is 2.14 bits per heavy atom. The first kappa shape index (κ1) is 15.9. The third-order valence-corrected chi connectivity index (χ3v) is 2.74. The van der Waals surface area contributed by atoms with Crippen molar-refractivity contribution in [2.75, 3.05) is 25.5 Å². The van der Waals surface area contributed by atoms with Gasteiger partial charge in [0.15, 0.2) is 5.58 Å². The lowest BCUT2D eigenvalue weighted by Gasteiger charge is -2.19. The van der Waals surface area contributed by atoms with Gasteiger partial charge in [-0.05, 0) is 38.1 Å². The van der Waals surface area contributed by atoms with E-state index in [-0.39, 0.29) is 6.61 Å². The minimum atomic E-state index is -0.517. The van der Waals surface area contributed by atoms with E-state index in [1.165, 1.54) is 0 Å². The quantitative estimate of drug-likeness (QED) is 0.826. The van der Waals surface area contributed by atoms with Crippen LogP contribution in [0.3, 0.4) is 0 Å². The highest BCUT2D eigenvalue weighted by atomic mass is 16.6. The molecule has 2 rings (SSSR count). The van der Waals surface area contributed by atoms with Crippen LogP contribution in [0.5, 0.6) is 5.88 Å². The zero-order valence-electron chi connectivity index (χ0n) is 13.2. The second kappa shape index (κ2) is 6.55. The van der Waals surface area contributed by atoms with Crippen LogP contribution in [-0.4, -0.2) is 37.1 Å². The van der Waals surface area contributed by atoms with E-state index >= 15 is 0 Å². The number of nitrogens with one attached hydrogen (secondary N) is 2. The van der Waals surface area contributed by atoms with Crippen LogP contribution in [0, 0.1) is 0 Å². The molecule has 120 valence electrons. The number of hydrogen-bond donors (Lipinski definition) is 2. The third kappa shape index (κ3) is 4.03. The van der Waals surface area contributed by atoms with E-state index in [0.29, 0.717) is 18.0 Å². The second-order valence-electron chi connectivity index (χ2n) is 5.70. The van der Waals surface area contributed by atoms with Crippen molar-refractivity contribution >= 4 is 22.7 Å². The standard InChI is InChI=1S/C15H21N3O4/c1-15(2,3)21-14(19)17-8-9-20-13-10-6-5-7-11(16-4)12(10)22-18-13/h5-7,16H,8-9H2,1-4H3,(H,17,19). The number of rotatable bonds is 5. The fraction of sp³-hybridized carbons (Fsp3) is 0.467. The van der Waals surface area contributed by atoms with Crippen LogP contribution in [0.1, 0.15) is 20.8 Å². The van der Waals surface area contributed by atoms with Gasteiger partial charge >= 0.3 is 6.09 Å². The van der Waals surface area contributed by atoms with Crippen LogP contribution >= 0.6 is 0 Å². The molecule has 0 atom stereocenters. The molecule has 7 heteroatoms. The molecule has 1 aromatic carbocycles. The van der Waals surface area contributed by atoms with Gasteiger partial charge in [-0.25, -0.2) is 4.79 Å². The molecule has 1 heterocycles. The molecule has 0 bridgehead atoms. The van der Waals surface area contributed by atoms with Gasteiger partial charge in [0.2, 0.25) is 0 Å². The number of hydrogen-bond acceptors (Lipinski definition) is 6. The fourth-order valence-corrected chi connectivity index (χ4v) is 1.86. The van der Waals surface area contributed by atoms with Crippen LogP contribution in [0.15, 0.2) is 22.7 Å². The van der Waals surface area contributed by atoms with Gasteiger partial charge in [-0.15, -0.1) is 0 Å². The molecule has 0 spiro atoms. The summed E-state index contributed by atoms with van der Waals surface area (Å²) in [6.45, 7) is 6.01. The average Bonchev–Trinajstić information content (AvgIpc) is 2.85. The summed E-state index contributed by atoms with van der Waals surface area (Å²) < 4.78 is 15.9. The van der Waals surface area contributed by atoms with E-state index in [2.05, 4.69) is 15.8 Å². The summed E-state index contributed by atoms with van der Waals surface area (Å²) in [5.41, 5.74) is 0.961. The van der Waals surface area contributed by atoms with Crippen LogP contribution in [-0.2, 0) is 4.74 Å². The molecular formula is C15H21N3O4. The maximum absolute atomic E-state index is 11.5. The Bertz CT molecular complexity index is 646. The first-order chi connectivity index (χ1) is 10.4. The molecule has 0 radical (unpaired) electrons. The molecule has 0 unspecified atom stereocenters. The van der Waals surface area contributed by atoms with E-state index in [0.717, 1.165) is 11.1 Å². The second-order valence-corrected chi connectivity index (χ2v) is 5.70. The summed E-state index contributed by atoms with van der Waals surface area (Å²) in [6, 6.07) is 5.64. The normalized spacial score (nSPS) is 11.3. The first-order valence-electron chi connectivity index (χ1n) is 7.06. The predicted octanol–water partition coefficient (Wildman–Crippen LogP) is 2.77. The van der Waals surface area contributed by atoms with E-state index in [4.69, 9.17) is 14.0 Å². The Kier molecular flexibility index (Phi) is 4.75. The summed E-state index contributed by atoms with van der Waals surface area (Å²) in [4.78, 5) is 11.5. The number of alkyl carbamates (subject to hydrolysis) is 1. The predicted molar refractivity (Wildman–Crippen MR) is 83.3 cm³/mol. The Morgan fingerprint density at radius 1 is 1.36 bits per heavy atom. The number of anilines is 1. The molecule has 0 aliphatic heterocycles. The number of amides is 1. The number of fused-ring (bicyclic) bond motifs is 1. The maximum Gasteiger partial charge on any atom is 0.407 e. The Morgan fingerprint density at radius 3 is 2.82 bits per heavy atom. The summed E-state index contributed by atoms with van der Waals surface area (Å²) in [5, 5.41) is 10.3. The SMILES string of the molecule is CNc1cccc2c(OCCNC(=O)OC(C)(C)C)noc12. The Hall–Kier alpha value is -2.44. The lowest BCUT2D eigenvalue weighted by atomic mass is 10.2. The number of ether oxygens (including phenoxy) is 2. The average molecular weight is 307 g/mol. The molecule has 0 aliphatic carbocycles. The molecule has 0 saturated carbocycles. The summed E-state index contributed by atoms with van der Waals surface area (Å²) >= 11 is 0. The van der Waals surface area contributed by atoms with Crippen LogP contribution < -0.4 is 15.4 Å². The summed E-state index contributed by atoms with van der Waals surface area (Å²) in [5.74, 6) is 0.401. The van der Waals surface area contributed by atoms with Crippen molar-refractivity contribution in [2.24, 2.45) is 0 Å². The first-order valence-corrected chi connectivity index (χ1v) is 7.06. The smallest absolute Gasteiger partial charge is 0.407 e. The number of carbonyl (C=O) groups excluding carboxylic acids is 1. The molecule has 2 aromatic rings. The van der Waals surface area contributed by atoms with Crippen LogP contribution in [0.4, 0.5) is 10.5 Å². The number of para-hydroxylation sites is 1. The van der Waals surface area contributed by atoms with Crippen molar-refractivity contribution in [3.63, 3.8) is 0 Å². The van der Waals surface area contributed by atoms with Crippen molar-refractivity contribution in [1.82, 2.24) is 10.5 Å². The molecule has 1 aromatic heterocycles. The largest absolute Gasteiger partial charge is 0.473 e. The van der Waals surface area contributed by atoms with E-state index in [1.807, 2.05) is 46.0 Å². The number of aromatic nitrogens is 1. The highest BCUT2D eigenvalue weighted by molar-refractivity contribution is 5.92. The van der Waals surface area contributed by atoms with Crippen molar-refractivity contribution in [1.29, 1.82) is 0 Å². The van der Waals surface area contributed by atoms with Gasteiger partial charge in [0.05, 0.1) is 17.6 Å². The Balaban J connectivity index is 1.87. The van der Waals surface area contributed by atoms with E-state index in [9.17, 15) is 4.79 Å². The van der Waals surface area contributed by atoms with E-state index < -0.39 is 11.7 Å². The molecule has 22 heavy (non-hydrogen) atoms. The number of carbonyl (C=O) groups is 1. The molecule has 7 nitrogen and oxygen atoms in total. The summed E-state index contributed by atoms with van der Waals surface area (Å²) in [6.07, 6.45) is -0.474. The van der Waals surface area contributed by atoms with Crippen molar-refractivity contribution in [3.8, 4) is 5.88 Å². The van der Waals surface area contributed by atoms with E-state index in [1.54, 1.807) is 0 Å². The molecule has 0 saturated heterocycles. The van der Waals surface area contributed by atoms with Gasteiger partial charge < -0.3 is 24.6 Å². The fourth-order valence-electron chi connectivity index (χ4n) is 1.86. The zero-order valence-corrected chi connectivity index (χ0v) is 13.2. The lowest BCUT2D eigenvalue weighted by molar-refractivity contribution is 0.0520. The third-order valence-electron chi connectivity index (χ3n) is 2.74. The van der Waals surface area contributed by atoms with Crippen LogP contribution in [0.2, 0.25) is 0 Å². The van der Waals surface area contributed by atoms with Gasteiger partial charge in [0, 0.05) is 7.05 Å². The monoisotopic (exact) mass is 307 g/mol. The minimum absolute atomic E-state index is 0.269. The van der Waals surface area contributed by atoms with Crippen molar-refractivity contribution < 1.29 is 18.8 Å². The topological polar surface area (TPSA) is 85.6 Å². The zero-order chi connectivity index (χ0) is 16.2. The van der Waals surface area contributed by atoms with Gasteiger partial charge in [-0.1, -0.05) is 6.07 Å². The van der Waals surface area contributed by atoms with Crippen LogP contribution in [0.25, 0.3) is 11.0 Å². The molecule has 0 fully saturated rings. The van der Waals surface area contributed by atoms with Gasteiger partial charge in [0.1, 0.15) is 12.2 Å². The molecule has 1 amide bonds. The molecule has 2 N–H and O–H groups in total. The Labute approximate surface area is 128 Å². The summed E-state index contributed by atoms with van der Waals surface area (Å²) in [7, 11) is 1.81. The highest BCUT2D eigenvalue weighted by Gasteiger charge is 2.16. The van der Waals surface area contributed by atoms with Gasteiger partial charge in [-0.2, -0.15) is 0 Å².